The van der Waals surface area contributed by atoms with Crippen molar-refractivity contribution in [2.45, 2.75) is 32.9 Å². The fourth-order valence-electron chi connectivity index (χ4n) is 4.02. The van der Waals surface area contributed by atoms with Crippen molar-refractivity contribution < 1.29 is 4.74 Å². The van der Waals surface area contributed by atoms with E-state index < -0.39 is 0 Å². The Morgan fingerprint density at radius 3 is 2.75 bits per heavy atom. The summed E-state index contributed by atoms with van der Waals surface area (Å²) in [6.07, 6.45) is 8.03. The molecule has 28 heavy (non-hydrogen) atoms. The largest absolute Gasteiger partial charge is 0.381 e. The summed E-state index contributed by atoms with van der Waals surface area (Å²) in [5.41, 5.74) is 2.86. The third-order valence-electron chi connectivity index (χ3n) is 5.62. The first-order valence-corrected chi connectivity index (χ1v) is 9.91. The number of guanidine groups is 1. The molecule has 3 heterocycles. The standard InChI is InChI=1S/C21H29N5O.HI/c1-2-23-20(26-10-7-21(15-26)8-12-27-16-21)24-13-18-3-5-19(6-4-18)14-25-11-9-22-17-25;/h3-6,9,11,17H,2,7-8,10,12-16H2,1H3,(H,23,24);1H. The number of halogens is 1. The molecule has 1 aromatic heterocycles. The normalized spacial score (nSPS) is 21.9. The Labute approximate surface area is 184 Å². The first kappa shape index (κ1) is 21.1. The van der Waals surface area contributed by atoms with Crippen molar-refractivity contribution >= 4 is 29.9 Å². The maximum Gasteiger partial charge on any atom is 0.194 e. The second kappa shape index (κ2) is 9.73. The molecule has 0 aliphatic carbocycles. The molecule has 2 aromatic rings. The van der Waals surface area contributed by atoms with E-state index in [1.54, 1.807) is 0 Å². The second-order valence-electron chi connectivity index (χ2n) is 7.70. The highest BCUT2D eigenvalue weighted by Gasteiger charge is 2.42. The molecule has 1 atom stereocenters. The van der Waals surface area contributed by atoms with Crippen molar-refractivity contribution in [3.05, 3.63) is 54.1 Å². The molecular weight excluding hydrogens is 465 g/mol. The van der Waals surface area contributed by atoms with Gasteiger partial charge in [-0.2, -0.15) is 0 Å². The summed E-state index contributed by atoms with van der Waals surface area (Å²) in [4.78, 5) is 11.4. The highest BCUT2D eigenvalue weighted by Crippen LogP contribution is 2.38. The van der Waals surface area contributed by atoms with Crippen molar-refractivity contribution in [3.63, 3.8) is 0 Å². The second-order valence-corrected chi connectivity index (χ2v) is 7.70. The maximum atomic E-state index is 5.66. The van der Waals surface area contributed by atoms with Crippen LogP contribution in [0.1, 0.15) is 30.9 Å². The Balaban J connectivity index is 0.00000225. The van der Waals surface area contributed by atoms with Gasteiger partial charge >= 0.3 is 0 Å². The van der Waals surface area contributed by atoms with E-state index in [0.717, 1.165) is 45.4 Å². The Bertz CT molecular complexity index is 754. The van der Waals surface area contributed by atoms with Gasteiger partial charge in [-0.05, 0) is 30.9 Å². The van der Waals surface area contributed by atoms with Gasteiger partial charge in [0.1, 0.15) is 0 Å². The minimum absolute atomic E-state index is 0. The minimum atomic E-state index is 0. The molecule has 1 N–H and O–H groups in total. The van der Waals surface area contributed by atoms with E-state index in [0.29, 0.717) is 12.0 Å². The fraction of sp³-hybridized carbons (Fsp3) is 0.524. The third kappa shape index (κ3) is 5.05. The number of likely N-dealkylation sites (tertiary alicyclic amines) is 1. The molecule has 2 fully saturated rings. The molecule has 1 unspecified atom stereocenters. The number of aromatic nitrogens is 2. The molecule has 0 bridgehead atoms. The molecule has 2 aliphatic rings. The van der Waals surface area contributed by atoms with Gasteiger partial charge in [0.15, 0.2) is 5.96 Å². The van der Waals surface area contributed by atoms with Crippen LogP contribution in [0.25, 0.3) is 0 Å². The summed E-state index contributed by atoms with van der Waals surface area (Å²) in [5, 5.41) is 3.47. The quantitative estimate of drug-likeness (QED) is 0.394. The number of hydrogen-bond donors (Lipinski definition) is 1. The van der Waals surface area contributed by atoms with E-state index in [4.69, 9.17) is 9.73 Å². The van der Waals surface area contributed by atoms with Crippen molar-refractivity contribution in [1.29, 1.82) is 0 Å². The number of nitrogens with one attached hydrogen (secondary N) is 1. The van der Waals surface area contributed by atoms with Gasteiger partial charge in [-0.25, -0.2) is 9.98 Å². The van der Waals surface area contributed by atoms with Crippen LogP contribution in [-0.2, 0) is 17.8 Å². The topological polar surface area (TPSA) is 54.7 Å². The number of ether oxygens (including phenoxy) is 1. The van der Waals surface area contributed by atoms with Crippen LogP contribution in [0, 0.1) is 5.41 Å². The zero-order valence-corrected chi connectivity index (χ0v) is 18.8. The molecule has 7 heteroatoms. The zero-order chi connectivity index (χ0) is 18.5. The van der Waals surface area contributed by atoms with Crippen LogP contribution >= 0.6 is 24.0 Å². The average Bonchev–Trinajstić information content (AvgIpc) is 3.44. The molecule has 0 saturated carbocycles. The van der Waals surface area contributed by atoms with Gasteiger partial charge < -0.3 is 19.5 Å². The Morgan fingerprint density at radius 2 is 2.07 bits per heavy atom. The highest BCUT2D eigenvalue weighted by molar-refractivity contribution is 14.0. The zero-order valence-electron chi connectivity index (χ0n) is 16.5. The molecule has 2 saturated heterocycles. The van der Waals surface area contributed by atoms with Crippen LogP contribution in [0.4, 0.5) is 0 Å². The van der Waals surface area contributed by atoms with E-state index in [1.807, 2.05) is 18.7 Å². The number of imidazole rings is 1. The van der Waals surface area contributed by atoms with E-state index in [2.05, 4.69) is 51.0 Å². The summed E-state index contributed by atoms with van der Waals surface area (Å²) < 4.78 is 7.73. The molecule has 0 amide bonds. The lowest BCUT2D eigenvalue weighted by Crippen LogP contribution is -2.41. The Hall–Kier alpha value is -1.61. The highest BCUT2D eigenvalue weighted by atomic mass is 127. The van der Waals surface area contributed by atoms with Crippen molar-refractivity contribution in [1.82, 2.24) is 19.8 Å². The number of rotatable bonds is 5. The molecule has 152 valence electrons. The molecule has 1 spiro atoms. The van der Waals surface area contributed by atoms with Crippen LogP contribution < -0.4 is 5.32 Å². The Morgan fingerprint density at radius 1 is 1.25 bits per heavy atom. The van der Waals surface area contributed by atoms with Crippen LogP contribution in [-0.4, -0.2) is 53.3 Å². The fourth-order valence-corrected chi connectivity index (χ4v) is 4.02. The first-order valence-electron chi connectivity index (χ1n) is 9.91. The summed E-state index contributed by atoms with van der Waals surface area (Å²) in [7, 11) is 0. The van der Waals surface area contributed by atoms with Crippen molar-refractivity contribution in [3.8, 4) is 0 Å². The maximum absolute atomic E-state index is 5.66. The average molecular weight is 495 g/mol. The lowest BCUT2D eigenvalue weighted by Gasteiger charge is -2.25. The number of hydrogen-bond acceptors (Lipinski definition) is 3. The SMILES string of the molecule is CCNC(=NCc1ccc(Cn2ccnc2)cc1)N1CCC2(CCOC2)C1.I. The van der Waals surface area contributed by atoms with E-state index >= 15 is 0 Å². The molecular formula is C21H30IN5O. The number of benzene rings is 1. The first-order chi connectivity index (χ1) is 13.3. The van der Waals surface area contributed by atoms with Crippen LogP contribution in [0.3, 0.4) is 0 Å². The number of aliphatic imine (C=N–C) groups is 1. The molecule has 2 aliphatic heterocycles. The van der Waals surface area contributed by atoms with E-state index in [9.17, 15) is 0 Å². The summed E-state index contributed by atoms with van der Waals surface area (Å²) in [5.74, 6) is 1.03. The van der Waals surface area contributed by atoms with Gasteiger partial charge in [0.05, 0.1) is 19.5 Å². The van der Waals surface area contributed by atoms with Gasteiger partial charge in [0.2, 0.25) is 0 Å². The minimum Gasteiger partial charge on any atom is -0.381 e. The summed E-state index contributed by atoms with van der Waals surface area (Å²) >= 11 is 0. The third-order valence-corrected chi connectivity index (χ3v) is 5.62. The van der Waals surface area contributed by atoms with Gasteiger partial charge in [-0.15, -0.1) is 24.0 Å². The smallest absolute Gasteiger partial charge is 0.194 e. The van der Waals surface area contributed by atoms with Gasteiger partial charge in [-0.3, -0.25) is 0 Å². The lowest BCUT2D eigenvalue weighted by molar-refractivity contribution is 0.156. The summed E-state index contributed by atoms with van der Waals surface area (Å²) in [6.45, 7) is 8.52. The predicted octanol–water partition coefficient (Wildman–Crippen LogP) is 3.13. The number of nitrogens with zero attached hydrogens (tertiary/aromatic N) is 4. The van der Waals surface area contributed by atoms with Crippen LogP contribution in [0.2, 0.25) is 0 Å². The van der Waals surface area contributed by atoms with Gasteiger partial charge in [0, 0.05) is 50.6 Å². The summed E-state index contributed by atoms with van der Waals surface area (Å²) in [6, 6.07) is 8.71. The molecule has 1 aromatic carbocycles. The van der Waals surface area contributed by atoms with Crippen LogP contribution in [0.15, 0.2) is 48.0 Å². The van der Waals surface area contributed by atoms with Crippen molar-refractivity contribution in [2.75, 3.05) is 32.8 Å². The predicted molar refractivity (Wildman–Crippen MR) is 122 cm³/mol. The van der Waals surface area contributed by atoms with Gasteiger partial charge in [0.25, 0.3) is 0 Å². The van der Waals surface area contributed by atoms with Gasteiger partial charge in [-0.1, -0.05) is 24.3 Å². The molecule has 0 radical (unpaired) electrons. The van der Waals surface area contributed by atoms with Crippen molar-refractivity contribution in [2.24, 2.45) is 10.4 Å². The molecule has 6 nitrogen and oxygen atoms in total. The monoisotopic (exact) mass is 495 g/mol. The Kier molecular flexibility index (Phi) is 7.34. The van der Waals surface area contributed by atoms with Crippen LogP contribution in [0.5, 0.6) is 0 Å². The van der Waals surface area contributed by atoms with E-state index in [-0.39, 0.29) is 24.0 Å². The van der Waals surface area contributed by atoms with E-state index in [1.165, 1.54) is 24.0 Å². The lowest BCUT2D eigenvalue weighted by atomic mass is 9.87. The molecule has 4 rings (SSSR count).